The number of thiocarbonyl (C=S) groups is 1. The Kier molecular flexibility index (Phi) is 3.45. The fourth-order valence-corrected chi connectivity index (χ4v) is 2.43. The Hall–Kier alpha value is -1.69. The largest absolute Gasteiger partial charge is 0.389 e. The number of pyridine rings is 1. The second kappa shape index (κ2) is 4.77. The van der Waals surface area contributed by atoms with Gasteiger partial charge in [0, 0.05) is 31.9 Å². The smallest absolute Gasteiger partial charge is 0.247 e. The van der Waals surface area contributed by atoms with Crippen molar-refractivity contribution in [2.24, 2.45) is 5.73 Å². The highest BCUT2D eigenvalue weighted by Gasteiger charge is 2.41. The molecule has 0 aromatic carbocycles. The van der Waals surface area contributed by atoms with Crippen molar-refractivity contribution in [3.05, 3.63) is 23.9 Å². The van der Waals surface area contributed by atoms with E-state index in [0.29, 0.717) is 11.5 Å². The van der Waals surface area contributed by atoms with E-state index in [1.54, 1.807) is 11.1 Å². The number of carbonyl (C=O) groups is 1. The van der Waals surface area contributed by atoms with E-state index in [4.69, 9.17) is 18.0 Å². The van der Waals surface area contributed by atoms with Crippen molar-refractivity contribution in [3.8, 4) is 0 Å². The van der Waals surface area contributed by atoms with Crippen LogP contribution in [0, 0.1) is 0 Å². The van der Waals surface area contributed by atoms with Gasteiger partial charge in [0.05, 0.1) is 0 Å². The first-order valence-corrected chi connectivity index (χ1v) is 6.54. The Morgan fingerprint density at radius 1 is 1.42 bits per heavy atom. The average molecular weight is 278 g/mol. The summed E-state index contributed by atoms with van der Waals surface area (Å²) in [6.07, 6.45) is 1.65. The highest BCUT2D eigenvalue weighted by Crippen LogP contribution is 2.26. The number of carbonyl (C=O) groups excluding carboxylic acids is 1. The van der Waals surface area contributed by atoms with Gasteiger partial charge in [0.25, 0.3) is 0 Å². The monoisotopic (exact) mass is 278 g/mol. The van der Waals surface area contributed by atoms with Crippen LogP contribution in [0.15, 0.2) is 18.3 Å². The molecule has 19 heavy (non-hydrogen) atoms. The van der Waals surface area contributed by atoms with E-state index in [2.05, 4.69) is 4.98 Å². The van der Waals surface area contributed by atoms with Gasteiger partial charge in [-0.15, -0.1) is 0 Å². The summed E-state index contributed by atoms with van der Waals surface area (Å²) in [5.74, 6) is 0.866. The maximum atomic E-state index is 12.2. The third kappa shape index (κ3) is 2.40. The number of piperazine rings is 1. The zero-order valence-electron chi connectivity index (χ0n) is 11.4. The molecule has 102 valence electrons. The van der Waals surface area contributed by atoms with E-state index in [1.807, 2.05) is 37.9 Å². The highest BCUT2D eigenvalue weighted by atomic mass is 32.1. The topological polar surface area (TPSA) is 62.5 Å². The molecule has 2 heterocycles. The standard InChI is InChI=1S/C13H18N4OS/c1-13(2)12(18)16(3)6-7-17(13)10-5-4-9(8-15-10)11(14)19/h4-5,8H,6-7H2,1-3H3,(H2,14,19). The summed E-state index contributed by atoms with van der Waals surface area (Å²) in [6.45, 7) is 5.28. The number of anilines is 1. The third-order valence-electron chi connectivity index (χ3n) is 3.51. The lowest BCUT2D eigenvalue weighted by Gasteiger charge is -2.45. The molecule has 6 heteroatoms. The predicted molar refractivity (Wildman–Crippen MR) is 79.2 cm³/mol. The minimum atomic E-state index is -0.593. The number of likely N-dealkylation sites (N-methyl/N-ethyl adjacent to an activating group) is 1. The Labute approximate surface area is 118 Å². The minimum absolute atomic E-state index is 0.0963. The molecule has 0 radical (unpaired) electrons. The Morgan fingerprint density at radius 2 is 2.11 bits per heavy atom. The van der Waals surface area contributed by atoms with E-state index >= 15 is 0 Å². The number of hydrogen-bond acceptors (Lipinski definition) is 4. The number of nitrogens with two attached hydrogens (primary N) is 1. The Morgan fingerprint density at radius 3 is 2.63 bits per heavy atom. The SMILES string of the molecule is CN1CCN(c2ccc(C(N)=S)cn2)C(C)(C)C1=O. The van der Waals surface area contributed by atoms with Crippen molar-refractivity contribution in [2.45, 2.75) is 19.4 Å². The zero-order valence-corrected chi connectivity index (χ0v) is 12.2. The Bertz CT molecular complexity index is 512. The second-order valence-corrected chi connectivity index (χ2v) is 5.65. The summed E-state index contributed by atoms with van der Waals surface area (Å²) in [5.41, 5.74) is 5.69. The molecule has 1 aliphatic rings. The van der Waals surface area contributed by atoms with Gasteiger partial charge in [0.15, 0.2) is 0 Å². The van der Waals surface area contributed by atoms with Crippen molar-refractivity contribution >= 4 is 28.9 Å². The van der Waals surface area contributed by atoms with Crippen molar-refractivity contribution in [2.75, 3.05) is 25.0 Å². The van der Waals surface area contributed by atoms with Gasteiger partial charge < -0.3 is 15.5 Å². The number of rotatable bonds is 2. The first-order chi connectivity index (χ1) is 8.84. The Balaban J connectivity index is 2.31. The molecule has 1 aliphatic heterocycles. The molecule has 0 bridgehead atoms. The summed E-state index contributed by atoms with van der Waals surface area (Å²) >= 11 is 4.90. The van der Waals surface area contributed by atoms with Gasteiger partial charge in [0.1, 0.15) is 16.3 Å². The van der Waals surface area contributed by atoms with Crippen LogP contribution in [0.5, 0.6) is 0 Å². The summed E-state index contributed by atoms with van der Waals surface area (Å²) < 4.78 is 0. The van der Waals surface area contributed by atoms with Crippen LogP contribution in [0.4, 0.5) is 5.82 Å². The van der Waals surface area contributed by atoms with Crippen LogP contribution < -0.4 is 10.6 Å². The molecule has 0 spiro atoms. The third-order valence-corrected chi connectivity index (χ3v) is 3.75. The molecule has 1 saturated heterocycles. The van der Waals surface area contributed by atoms with Crippen molar-refractivity contribution in [1.82, 2.24) is 9.88 Å². The molecule has 2 rings (SSSR count). The van der Waals surface area contributed by atoms with Crippen LogP contribution in [-0.2, 0) is 4.79 Å². The van der Waals surface area contributed by atoms with Crippen LogP contribution in [0.1, 0.15) is 19.4 Å². The lowest BCUT2D eigenvalue weighted by atomic mass is 9.98. The zero-order chi connectivity index (χ0) is 14.2. The van der Waals surface area contributed by atoms with Crippen LogP contribution in [0.3, 0.4) is 0 Å². The van der Waals surface area contributed by atoms with Crippen molar-refractivity contribution in [3.63, 3.8) is 0 Å². The van der Waals surface area contributed by atoms with Gasteiger partial charge in [-0.25, -0.2) is 4.98 Å². The summed E-state index contributed by atoms with van der Waals surface area (Å²) in [6, 6.07) is 3.69. The van der Waals surface area contributed by atoms with Crippen LogP contribution in [-0.4, -0.2) is 46.5 Å². The fraction of sp³-hybridized carbons (Fsp3) is 0.462. The molecule has 0 atom stereocenters. The quantitative estimate of drug-likeness (QED) is 0.810. The molecule has 5 nitrogen and oxygen atoms in total. The lowest BCUT2D eigenvalue weighted by Crippen LogP contribution is -2.62. The minimum Gasteiger partial charge on any atom is -0.389 e. The van der Waals surface area contributed by atoms with Crippen LogP contribution in [0.2, 0.25) is 0 Å². The average Bonchev–Trinajstić information content (AvgIpc) is 2.36. The number of hydrogen-bond donors (Lipinski definition) is 1. The van der Waals surface area contributed by atoms with Crippen LogP contribution >= 0.6 is 12.2 Å². The molecular formula is C13H18N4OS. The molecular weight excluding hydrogens is 260 g/mol. The van der Waals surface area contributed by atoms with Crippen molar-refractivity contribution in [1.29, 1.82) is 0 Å². The van der Waals surface area contributed by atoms with Gasteiger partial charge in [-0.05, 0) is 26.0 Å². The second-order valence-electron chi connectivity index (χ2n) is 5.21. The maximum absolute atomic E-state index is 12.2. The fourth-order valence-electron chi connectivity index (χ4n) is 2.31. The molecule has 1 amide bonds. The van der Waals surface area contributed by atoms with E-state index < -0.39 is 5.54 Å². The summed E-state index contributed by atoms with van der Waals surface area (Å²) in [7, 11) is 1.82. The number of nitrogens with zero attached hydrogens (tertiary/aromatic N) is 3. The lowest BCUT2D eigenvalue weighted by molar-refractivity contribution is -0.136. The molecule has 0 saturated carbocycles. The highest BCUT2D eigenvalue weighted by molar-refractivity contribution is 7.80. The molecule has 2 N–H and O–H groups in total. The van der Waals surface area contributed by atoms with Crippen LogP contribution in [0.25, 0.3) is 0 Å². The van der Waals surface area contributed by atoms with E-state index in [9.17, 15) is 4.79 Å². The van der Waals surface area contributed by atoms with Gasteiger partial charge in [-0.2, -0.15) is 0 Å². The predicted octanol–water partition coefficient (Wildman–Crippen LogP) is 0.773. The first-order valence-electron chi connectivity index (χ1n) is 6.13. The molecule has 0 aliphatic carbocycles. The summed E-state index contributed by atoms with van der Waals surface area (Å²) in [4.78, 5) is 20.7. The molecule has 1 aromatic rings. The van der Waals surface area contributed by atoms with Gasteiger partial charge >= 0.3 is 0 Å². The van der Waals surface area contributed by atoms with Gasteiger partial charge in [-0.3, -0.25) is 4.79 Å². The number of aromatic nitrogens is 1. The summed E-state index contributed by atoms with van der Waals surface area (Å²) in [5, 5.41) is 0. The molecule has 1 aromatic heterocycles. The molecule has 1 fully saturated rings. The normalized spacial score (nSPS) is 18.6. The van der Waals surface area contributed by atoms with E-state index in [-0.39, 0.29) is 5.91 Å². The maximum Gasteiger partial charge on any atom is 0.247 e. The first kappa shape index (κ1) is 13.7. The number of amides is 1. The van der Waals surface area contributed by atoms with Gasteiger partial charge in [0.2, 0.25) is 5.91 Å². The van der Waals surface area contributed by atoms with Crippen molar-refractivity contribution < 1.29 is 4.79 Å². The van der Waals surface area contributed by atoms with E-state index in [0.717, 1.165) is 17.9 Å². The van der Waals surface area contributed by atoms with Gasteiger partial charge in [-0.1, -0.05) is 12.2 Å². The molecule has 0 unspecified atom stereocenters. The van der Waals surface area contributed by atoms with E-state index in [1.165, 1.54) is 0 Å².